The number of carboxylic acids is 1. The Bertz CT molecular complexity index is 412. The van der Waals surface area contributed by atoms with E-state index in [2.05, 4.69) is 18.7 Å². The number of hydrogen-bond acceptors (Lipinski definition) is 2. The van der Waals surface area contributed by atoms with Gasteiger partial charge in [0.2, 0.25) is 0 Å². The molecular formula is C34H69NO2. The van der Waals surface area contributed by atoms with Gasteiger partial charge in [-0.3, -0.25) is 4.79 Å². The Morgan fingerprint density at radius 3 is 0.919 bits per heavy atom. The molecule has 0 fully saturated rings. The number of carboxylic acid groups (broad SMARTS) is 1. The molecule has 1 N–H and O–H groups in total. The summed E-state index contributed by atoms with van der Waals surface area (Å²) in [5, 5.41) is 8.87. The summed E-state index contributed by atoms with van der Waals surface area (Å²) in [4.78, 5) is 13.5. The third-order valence-electron chi connectivity index (χ3n) is 8.02. The maximum absolute atomic E-state index is 10.8. The Kier molecular flexibility index (Phi) is 31.2. The number of unbranched alkanes of at least 4 members (excludes halogenated alkanes) is 24. The minimum atomic E-state index is -0.648. The molecule has 0 aromatic carbocycles. The van der Waals surface area contributed by atoms with Gasteiger partial charge in [-0.05, 0) is 45.3 Å². The van der Waals surface area contributed by atoms with Crippen LogP contribution in [0.1, 0.15) is 194 Å². The van der Waals surface area contributed by atoms with Gasteiger partial charge in [0.1, 0.15) is 0 Å². The number of rotatable bonds is 32. The lowest BCUT2D eigenvalue weighted by molar-refractivity contribution is -0.137. The highest BCUT2D eigenvalue weighted by molar-refractivity contribution is 5.66. The van der Waals surface area contributed by atoms with E-state index in [1.807, 2.05) is 0 Å². The Labute approximate surface area is 233 Å². The van der Waals surface area contributed by atoms with Crippen LogP contribution in [0, 0.1) is 0 Å². The summed E-state index contributed by atoms with van der Waals surface area (Å²) in [5.41, 5.74) is 0. The first-order valence-electron chi connectivity index (χ1n) is 17.1. The molecule has 0 aromatic rings. The lowest BCUT2D eigenvalue weighted by Gasteiger charge is -2.22. The zero-order valence-electron chi connectivity index (χ0n) is 25.7. The highest BCUT2D eigenvalue weighted by Gasteiger charge is 2.06. The normalized spacial score (nSPS) is 11.5. The smallest absolute Gasteiger partial charge is 0.303 e. The second kappa shape index (κ2) is 31.6. The van der Waals surface area contributed by atoms with Crippen LogP contribution in [0.5, 0.6) is 0 Å². The standard InChI is InChI=1S/C34H69NO2/c1-3-5-7-9-11-13-15-17-19-21-23-27-31-35(33-29-25-26-30-34(36)37)32-28-24-22-20-18-16-14-12-10-8-6-4-2/h3-33H2,1-2H3,(H,36,37). The van der Waals surface area contributed by atoms with Crippen molar-refractivity contribution in [1.29, 1.82) is 0 Å². The average molecular weight is 524 g/mol. The molecule has 0 unspecified atom stereocenters. The third-order valence-corrected chi connectivity index (χ3v) is 8.02. The van der Waals surface area contributed by atoms with Crippen molar-refractivity contribution in [2.24, 2.45) is 0 Å². The van der Waals surface area contributed by atoms with Gasteiger partial charge in [0, 0.05) is 6.42 Å². The molecule has 0 saturated carbocycles. The lowest BCUT2D eigenvalue weighted by Crippen LogP contribution is -2.27. The maximum Gasteiger partial charge on any atom is 0.303 e. The quantitative estimate of drug-likeness (QED) is 0.0891. The van der Waals surface area contributed by atoms with E-state index in [1.54, 1.807) is 0 Å². The van der Waals surface area contributed by atoms with Crippen LogP contribution in [-0.2, 0) is 4.79 Å². The molecule has 222 valence electrons. The first-order chi connectivity index (χ1) is 18.2. The van der Waals surface area contributed by atoms with Gasteiger partial charge in [-0.1, -0.05) is 162 Å². The predicted octanol–water partition coefficient (Wildman–Crippen LogP) is 11.3. The summed E-state index contributed by atoms with van der Waals surface area (Å²) in [6.07, 6.45) is 37.3. The molecule has 0 saturated heterocycles. The van der Waals surface area contributed by atoms with Crippen molar-refractivity contribution in [1.82, 2.24) is 4.90 Å². The van der Waals surface area contributed by atoms with Gasteiger partial charge in [0.05, 0.1) is 0 Å². The zero-order valence-corrected chi connectivity index (χ0v) is 25.7. The Balaban J connectivity index is 3.79. The van der Waals surface area contributed by atoms with Crippen molar-refractivity contribution >= 4 is 5.97 Å². The minimum Gasteiger partial charge on any atom is -0.481 e. The highest BCUT2D eigenvalue weighted by atomic mass is 16.4. The summed E-state index contributed by atoms with van der Waals surface area (Å²) >= 11 is 0. The lowest BCUT2D eigenvalue weighted by atomic mass is 10.0. The zero-order chi connectivity index (χ0) is 27.1. The molecule has 0 amide bonds. The van der Waals surface area contributed by atoms with E-state index in [-0.39, 0.29) is 0 Å². The fourth-order valence-electron chi connectivity index (χ4n) is 5.48. The van der Waals surface area contributed by atoms with Gasteiger partial charge in [-0.25, -0.2) is 0 Å². The predicted molar refractivity (Wildman–Crippen MR) is 165 cm³/mol. The average Bonchev–Trinajstić information content (AvgIpc) is 2.89. The first-order valence-corrected chi connectivity index (χ1v) is 17.1. The molecule has 0 bridgehead atoms. The first kappa shape index (κ1) is 36.4. The summed E-state index contributed by atoms with van der Waals surface area (Å²) in [6.45, 7) is 8.24. The molecule has 0 aromatic heterocycles. The molecule has 0 atom stereocenters. The summed E-state index contributed by atoms with van der Waals surface area (Å²) in [7, 11) is 0. The molecule has 37 heavy (non-hydrogen) atoms. The van der Waals surface area contributed by atoms with E-state index in [0.717, 1.165) is 25.8 Å². The highest BCUT2D eigenvalue weighted by Crippen LogP contribution is 2.14. The van der Waals surface area contributed by atoms with Crippen molar-refractivity contribution in [2.45, 2.75) is 194 Å². The molecule has 3 nitrogen and oxygen atoms in total. The molecular weight excluding hydrogens is 454 g/mol. The molecule has 3 heteroatoms. The Hall–Kier alpha value is -0.570. The molecule has 0 heterocycles. The van der Waals surface area contributed by atoms with Gasteiger partial charge in [0.15, 0.2) is 0 Å². The Morgan fingerprint density at radius 1 is 0.405 bits per heavy atom. The van der Waals surface area contributed by atoms with E-state index in [4.69, 9.17) is 5.11 Å². The van der Waals surface area contributed by atoms with Gasteiger partial charge >= 0.3 is 5.97 Å². The van der Waals surface area contributed by atoms with Crippen molar-refractivity contribution in [3.8, 4) is 0 Å². The van der Waals surface area contributed by atoms with Gasteiger partial charge in [-0.2, -0.15) is 0 Å². The van der Waals surface area contributed by atoms with Crippen LogP contribution in [0.3, 0.4) is 0 Å². The molecule has 0 aliphatic rings. The van der Waals surface area contributed by atoms with E-state index in [9.17, 15) is 4.79 Å². The van der Waals surface area contributed by atoms with E-state index in [0.29, 0.717) is 6.42 Å². The SMILES string of the molecule is CCCCCCCCCCCCCCN(CCCCCCCCCCCCCC)CCCCCC(=O)O. The second-order valence-electron chi connectivity index (χ2n) is 11.8. The number of carbonyl (C=O) groups is 1. The van der Waals surface area contributed by atoms with Gasteiger partial charge in [0.25, 0.3) is 0 Å². The number of aliphatic carboxylic acids is 1. The van der Waals surface area contributed by atoms with Crippen LogP contribution in [0.15, 0.2) is 0 Å². The number of nitrogens with zero attached hydrogens (tertiary/aromatic N) is 1. The summed E-state index contributed by atoms with van der Waals surface area (Å²) in [6, 6.07) is 0. The molecule has 0 rings (SSSR count). The Morgan fingerprint density at radius 2 is 0.649 bits per heavy atom. The second-order valence-corrected chi connectivity index (χ2v) is 11.8. The van der Waals surface area contributed by atoms with Crippen LogP contribution in [-0.4, -0.2) is 35.6 Å². The van der Waals surface area contributed by atoms with Crippen LogP contribution in [0.2, 0.25) is 0 Å². The minimum absolute atomic E-state index is 0.331. The topological polar surface area (TPSA) is 40.5 Å². The van der Waals surface area contributed by atoms with E-state index in [1.165, 1.54) is 167 Å². The monoisotopic (exact) mass is 524 g/mol. The van der Waals surface area contributed by atoms with E-state index < -0.39 is 5.97 Å². The van der Waals surface area contributed by atoms with Crippen molar-refractivity contribution < 1.29 is 9.90 Å². The van der Waals surface area contributed by atoms with Crippen LogP contribution in [0.4, 0.5) is 0 Å². The largest absolute Gasteiger partial charge is 0.481 e. The van der Waals surface area contributed by atoms with Gasteiger partial charge in [-0.15, -0.1) is 0 Å². The van der Waals surface area contributed by atoms with Crippen LogP contribution in [0.25, 0.3) is 0 Å². The van der Waals surface area contributed by atoms with Crippen molar-refractivity contribution in [3.05, 3.63) is 0 Å². The third kappa shape index (κ3) is 31.5. The summed E-state index contributed by atoms with van der Waals surface area (Å²) < 4.78 is 0. The van der Waals surface area contributed by atoms with Crippen LogP contribution < -0.4 is 0 Å². The van der Waals surface area contributed by atoms with Crippen LogP contribution >= 0.6 is 0 Å². The molecule has 0 spiro atoms. The van der Waals surface area contributed by atoms with Crippen molar-refractivity contribution in [2.75, 3.05) is 19.6 Å². The molecule has 0 aliphatic carbocycles. The fraction of sp³-hybridized carbons (Fsp3) is 0.971. The fourth-order valence-corrected chi connectivity index (χ4v) is 5.48. The van der Waals surface area contributed by atoms with Gasteiger partial charge < -0.3 is 10.0 Å². The molecule has 0 radical (unpaired) electrons. The molecule has 0 aliphatic heterocycles. The maximum atomic E-state index is 10.8. The van der Waals surface area contributed by atoms with Crippen molar-refractivity contribution in [3.63, 3.8) is 0 Å². The summed E-state index contributed by atoms with van der Waals surface area (Å²) in [5.74, 6) is -0.648. The van der Waals surface area contributed by atoms with E-state index >= 15 is 0 Å². The number of hydrogen-bond donors (Lipinski definition) is 1.